The number of para-hydroxylation sites is 1. The number of hydrogen-bond donors (Lipinski definition) is 2. The summed E-state index contributed by atoms with van der Waals surface area (Å²) in [5.41, 5.74) is 1.53. The lowest BCUT2D eigenvalue weighted by atomic mass is 10.1. The first-order valence-corrected chi connectivity index (χ1v) is 5.69. The summed E-state index contributed by atoms with van der Waals surface area (Å²) in [5, 5.41) is 7.13. The van der Waals surface area contributed by atoms with Gasteiger partial charge < -0.3 is 10.6 Å². The van der Waals surface area contributed by atoms with Gasteiger partial charge in [0.2, 0.25) is 0 Å². The molecule has 0 heterocycles. The molecule has 15 heavy (non-hydrogen) atoms. The van der Waals surface area contributed by atoms with Crippen molar-refractivity contribution in [3.63, 3.8) is 0 Å². The van der Waals surface area contributed by atoms with Crippen molar-refractivity contribution in [3.8, 4) is 0 Å². The van der Waals surface area contributed by atoms with Crippen LogP contribution in [-0.2, 0) is 0 Å². The van der Waals surface area contributed by atoms with Gasteiger partial charge in [0, 0.05) is 12.2 Å². The molecule has 0 atom stereocenters. The number of rotatable bonds is 3. The summed E-state index contributed by atoms with van der Waals surface area (Å²) in [5.74, 6) is 0. The monoisotopic (exact) mass is 220 g/mol. The van der Waals surface area contributed by atoms with Gasteiger partial charge in [-0.25, -0.2) is 0 Å². The number of benzene rings is 1. The normalized spacial score (nSPS) is 16.9. The van der Waals surface area contributed by atoms with E-state index in [0.717, 1.165) is 12.2 Å². The summed E-state index contributed by atoms with van der Waals surface area (Å²) in [6.45, 7) is 3.26. The third-order valence-corrected chi connectivity index (χ3v) is 3.06. The molecule has 0 saturated heterocycles. The predicted octanol–water partition coefficient (Wildman–Crippen LogP) is 2.77. The van der Waals surface area contributed by atoms with Gasteiger partial charge in [-0.15, -0.1) is 0 Å². The van der Waals surface area contributed by atoms with E-state index in [1.165, 1.54) is 12.8 Å². The van der Waals surface area contributed by atoms with Gasteiger partial charge in [0.05, 0.1) is 0 Å². The van der Waals surface area contributed by atoms with Gasteiger partial charge in [-0.05, 0) is 42.6 Å². The highest BCUT2D eigenvalue weighted by atomic mass is 32.1. The molecule has 2 nitrogen and oxygen atoms in total. The molecule has 0 bridgehead atoms. The molecule has 2 N–H and O–H groups in total. The highest BCUT2D eigenvalue weighted by Gasteiger charge is 2.36. The SMILES string of the molecule is CC1(CNC(=S)Nc2ccccc2)CC1. The molecular weight excluding hydrogens is 204 g/mol. The molecule has 1 aliphatic carbocycles. The molecule has 1 aromatic rings. The van der Waals surface area contributed by atoms with Crippen molar-refractivity contribution in [2.75, 3.05) is 11.9 Å². The van der Waals surface area contributed by atoms with Crippen LogP contribution in [0.15, 0.2) is 30.3 Å². The molecule has 80 valence electrons. The molecule has 2 rings (SSSR count). The van der Waals surface area contributed by atoms with Crippen molar-refractivity contribution in [1.29, 1.82) is 0 Å². The van der Waals surface area contributed by atoms with Gasteiger partial charge in [0.15, 0.2) is 5.11 Å². The Kier molecular flexibility index (Phi) is 2.91. The van der Waals surface area contributed by atoms with Gasteiger partial charge in [0.1, 0.15) is 0 Å². The maximum absolute atomic E-state index is 5.21. The molecule has 0 amide bonds. The second kappa shape index (κ2) is 4.19. The average Bonchev–Trinajstić information content (AvgIpc) is 2.96. The van der Waals surface area contributed by atoms with Crippen LogP contribution < -0.4 is 10.6 Å². The summed E-state index contributed by atoms with van der Waals surface area (Å²) in [7, 11) is 0. The number of nitrogens with one attached hydrogen (secondary N) is 2. The van der Waals surface area contributed by atoms with Crippen LogP contribution in [0, 0.1) is 5.41 Å². The summed E-state index contributed by atoms with van der Waals surface area (Å²) in [6, 6.07) is 9.99. The van der Waals surface area contributed by atoms with Crippen LogP contribution in [0.1, 0.15) is 19.8 Å². The first-order chi connectivity index (χ1) is 7.18. The molecule has 0 aromatic heterocycles. The van der Waals surface area contributed by atoms with Crippen LogP contribution in [0.3, 0.4) is 0 Å². The summed E-state index contributed by atoms with van der Waals surface area (Å²) < 4.78 is 0. The Morgan fingerprint density at radius 3 is 2.60 bits per heavy atom. The maximum atomic E-state index is 5.21. The highest BCUT2D eigenvalue weighted by Crippen LogP contribution is 2.43. The smallest absolute Gasteiger partial charge is 0.170 e. The van der Waals surface area contributed by atoms with Crippen LogP contribution in [0.25, 0.3) is 0 Å². The van der Waals surface area contributed by atoms with E-state index < -0.39 is 0 Å². The minimum absolute atomic E-state index is 0.489. The van der Waals surface area contributed by atoms with Crippen molar-refractivity contribution in [2.45, 2.75) is 19.8 Å². The minimum atomic E-state index is 0.489. The van der Waals surface area contributed by atoms with E-state index in [0.29, 0.717) is 10.5 Å². The molecule has 0 unspecified atom stereocenters. The summed E-state index contributed by atoms with van der Waals surface area (Å²) >= 11 is 5.21. The Morgan fingerprint density at radius 1 is 1.33 bits per heavy atom. The lowest BCUT2D eigenvalue weighted by molar-refractivity contribution is 0.557. The van der Waals surface area contributed by atoms with Gasteiger partial charge in [0.25, 0.3) is 0 Å². The van der Waals surface area contributed by atoms with E-state index in [1.54, 1.807) is 0 Å². The summed E-state index contributed by atoms with van der Waals surface area (Å²) in [4.78, 5) is 0. The Hall–Kier alpha value is -1.09. The van der Waals surface area contributed by atoms with Gasteiger partial charge >= 0.3 is 0 Å². The van der Waals surface area contributed by atoms with E-state index in [2.05, 4.69) is 17.6 Å². The van der Waals surface area contributed by atoms with Gasteiger partial charge in [-0.3, -0.25) is 0 Å². The van der Waals surface area contributed by atoms with Crippen LogP contribution >= 0.6 is 12.2 Å². The Bertz CT molecular complexity index is 344. The lowest BCUT2D eigenvalue weighted by Crippen LogP contribution is -2.32. The highest BCUT2D eigenvalue weighted by molar-refractivity contribution is 7.80. The molecule has 0 radical (unpaired) electrons. The topological polar surface area (TPSA) is 24.1 Å². The Balaban J connectivity index is 1.77. The molecule has 0 spiro atoms. The zero-order valence-corrected chi connectivity index (χ0v) is 9.73. The van der Waals surface area contributed by atoms with Crippen LogP contribution in [0.4, 0.5) is 5.69 Å². The number of hydrogen-bond acceptors (Lipinski definition) is 1. The Labute approximate surface area is 96.1 Å². The Morgan fingerprint density at radius 2 is 2.00 bits per heavy atom. The predicted molar refractivity (Wildman–Crippen MR) is 68.0 cm³/mol. The molecule has 1 fully saturated rings. The molecule has 0 aliphatic heterocycles. The lowest BCUT2D eigenvalue weighted by Gasteiger charge is -2.13. The quantitative estimate of drug-likeness (QED) is 0.766. The first kappa shape index (κ1) is 10.4. The fraction of sp³-hybridized carbons (Fsp3) is 0.417. The van der Waals surface area contributed by atoms with Crippen LogP contribution in [0.2, 0.25) is 0 Å². The molecule has 3 heteroatoms. The molecule has 1 aliphatic rings. The number of thiocarbonyl (C=S) groups is 1. The second-order valence-electron chi connectivity index (χ2n) is 4.48. The average molecular weight is 220 g/mol. The minimum Gasteiger partial charge on any atom is -0.362 e. The molecule has 1 saturated carbocycles. The standard InChI is InChI=1S/C12H16N2S/c1-12(7-8-12)9-13-11(15)14-10-5-3-2-4-6-10/h2-6H,7-9H2,1H3,(H2,13,14,15). The van der Waals surface area contributed by atoms with E-state index in [-0.39, 0.29) is 0 Å². The third kappa shape index (κ3) is 3.20. The number of anilines is 1. The van der Waals surface area contributed by atoms with E-state index in [1.807, 2.05) is 30.3 Å². The fourth-order valence-corrected chi connectivity index (χ4v) is 1.57. The fourth-order valence-electron chi connectivity index (χ4n) is 1.38. The zero-order chi connectivity index (χ0) is 10.7. The van der Waals surface area contributed by atoms with Gasteiger partial charge in [-0.1, -0.05) is 25.1 Å². The third-order valence-electron chi connectivity index (χ3n) is 2.81. The van der Waals surface area contributed by atoms with Crippen molar-refractivity contribution in [1.82, 2.24) is 5.32 Å². The largest absolute Gasteiger partial charge is 0.362 e. The van der Waals surface area contributed by atoms with Crippen LogP contribution in [0.5, 0.6) is 0 Å². The van der Waals surface area contributed by atoms with Crippen molar-refractivity contribution < 1.29 is 0 Å². The van der Waals surface area contributed by atoms with Crippen molar-refractivity contribution in [2.24, 2.45) is 5.41 Å². The van der Waals surface area contributed by atoms with Crippen molar-refractivity contribution in [3.05, 3.63) is 30.3 Å². The zero-order valence-electron chi connectivity index (χ0n) is 8.92. The van der Waals surface area contributed by atoms with Crippen molar-refractivity contribution >= 4 is 23.0 Å². The van der Waals surface area contributed by atoms with Crippen LogP contribution in [-0.4, -0.2) is 11.7 Å². The van der Waals surface area contributed by atoms with Gasteiger partial charge in [-0.2, -0.15) is 0 Å². The summed E-state index contributed by atoms with van der Waals surface area (Å²) in [6.07, 6.45) is 2.63. The van der Waals surface area contributed by atoms with E-state index in [9.17, 15) is 0 Å². The second-order valence-corrected chi connectivity index (χ2v) is 4.89. The van der Waals surface area contributed by atoms with E-state index >= 15 is 0 Å². The maximum Gasteiger partial charge on any atom is 0.170 e. The molecular formula is C12H16N2S. The first-order valence-electron chi connectivity index (χ1n) is 5.28. The van der Waals surface area contributed by atoms with E-state index in [4.69, 9.17) is 12.2 Å². The molecule has 1 aromatic carbocycles.